The van der Waals surface area contributed by atoms with Gasteiger partial charge in [0.15, 0.2) is 0 Å². The molecule has 0 aliphatic heterocycles. The molecule has 1 aromatic rings. The van der Waals surface area contributed by atoms with Crippen LogP contribution < -0.4 is 10.1 Å². The van der Waals surface area contributed by atoms with E-state index in [1.165, 1.54) is 0 Å². The van der Waals surface area contributed by atoms with Gasteiger partial charge in [0.05, 0.1) is 24.4 Å². The van der Waals surface area contributed by atoms with Crippen molar-refractivity contribution < 1.29 is 14.6 Å². The minimum atomic E-state index is -0.480. The van der Waals surface area contributed by atoms with E-state index in [1.54, 1.807) is 10.9 Å². The molecule has 1 amide bonds. The van der Waals surface area contributed by atoms with Gasteiger partial charge in [-0.2, -0.15) is 5.10 Å². The molecule has 1 heterocycles. The number of rotatable bonds is 6. The number of carbonyl (C=O) groups is 1. The number of amides is 1. The van der Waals surface area contributed by atoms with Gasteiger partial charge in [0, 0.05) is 6.04 Å². The van der Waals surface area contributed by atoms with Gasteiger partial charge in [-0.05, 0) is 69.6 Å². The zero-order valence-corrected chi connectivity index (χ0v) is 16.9. The number of nitrogens with one attached hydrogen (secondary N) is 1. The van der Waals surface area contributed by atoms with Crippen molar-refractivity contribution in [3.63, 3.8) is 0 Å². The third kappa shape index (κ3) is 3.48. The van der Waals surface area contributed by atoms with Crippen LogP contribution in [0.15, 0.2) is 6.20 Å². The Labute approximate surface area is 161 Å². The van der Waals surface area contributed by atoms with Crippen LogP contribution in [0.1, 0.15) is 76.2 Å². The predicted octanol–water partition coefficient (Wildman–Crippen LogP) is 3.17. The van der Waals surface area contributed by atoms with Gasteiger partial charge in [-0.25, -0.2) is 4.68 Å². The standard InChI is InChI=1S/C21H33N3O3/c1-12(2)11-27-20-17(10-22-24(20)13(3)4)19(25)23-18-15-5-14-6-16(18)9-21(26,7-14)8-15/h10,12-16,18,26H,5-9,11H2,1-4H3,(H,23,25). The van der Waals surface area contributed by atoms with Crippen molar-refractivity contribution in [3.8, 4) is 5.88 Å². The minimum Gasteiger partial charge on any atom is -0.477 e. The molecule has 6 heteroatoms. The first-order chi connectivity index (χ1) is 12.8. The lowest BCUT2D eigenvalue weighted by molar-refractivity contribution is -0.136. The monoisotopic (exact) mass is 375 g/mol. The Morgan fingerprint density at radius 3 is 2.52 bits per heavy atom. The van der Waals surface area contributed by atoms with Crippen molar-refractivity contribution in [1.29, 1.82) is 0 Å². The van der Waals surface area contributed by atoms with E-state index in [-0.39, 0.29) is 18.0 Å². The van der Waals surface area contributed by atoms with Crippen molar-refractivity contribution >= 4 is 5.91 Å². The lowest BCUT2D eigenvalue weighted by atomic mass is 9.52. The van der Waals surface area contributed by atoms with Gasteiger partial charge < -0.3 is 15.2 Å². The lowest BCUT2D eigenvalue weighted by Gasteiger charge is -2.58. The van der Waals surface area contributed by atoms with Crippen LogP contribution in [0.2, 0.25) is 0 Å². The highest BCUT2D eigenvalue weighted by molar-refractivity contribution is 5.96. The van der Waals surface area contributed by atoms with Gasteiger partial charge in [-0.15, -0.1) is 0 Å². The average Bonchev–Trinajstić information content (AvgIpc) is 2.98. The van der Waals surface area contributed by atoms with Crippen LogP contribution >= 0.6 is 0 Å². The molecule has 1 aromatic heterocycles. The van der Waals surface area contributed by atoms with Crippen LogP contribution in [0.4, 0.5) is 0 Å². The summed E-state index contributed by atoms with van der Waals surface area (Å²) < 4.78 is 7.76. The van der Waals surface area contributed by atoms with E-state index < -0.39 is 5.60 Å². The fraction of sp³-hybridized carbons (Fsp3) is 0.810. The maximum absolute atomic E-state index is 13.1. The molecule has 6 nitrogen and oxygen atoms in total. The Balaban J connectivity index is 1.52. The lowest BCUT2D eigenvalue weighted by Crippen LogP contribution is -2.61. The van der Waals surface area contributed by atoms with Crippen molar-refractivity contribution in [2.75, 3.05) is 6.61 Å². The summed E-state index contributed by atoms with van der Waals surface area (Å²) in [5.41, 5.74) is 0.0445. The van der Waals surface area contributed by atoms with E-state index >= 15 is 0 Å². The second kappa shape index (κ2) is 6.80. The van der Waals surface area contributed by atoms with Gasteiger partial charge in [-0.3, -0.25) is 4.79 Å². The fourth-order valence-corrected chi connectivity index (χ4v) is 5.71. The highest BCUT2D eigenvalue weighted by atomic mass is 16.5. The Hall–Kier alpha value is -1.56. The molecule has 0 spiro atoms. The topological polar surface area (TPSA) is 76.4 Å². The summed E-state index contributed by atoms with van der Waals surface area (Å²) in [6, 6.07) is 0.291. The number of aromatic nitrogens is 2. The van der Waals surface area contributed by atoms with E-state index in [9.17, 15) is 9.90 Å². The van der Waals surface area contributed by atoms with Gasteiger partial charge in [0.25, 0.3) is 5.91 Å². The van der Waals surface area contributed by atoms with Crippen LogP contribution in [-0.2, 0) is 0 Å². The van der Waals surface area contributed by atoms with E-state index in [0.717, 1.165) is 32.1 Å². The summed E-state index contributed by atoms with van der Waals surface area (Å²) >= 11 is 0. The third-order valence-electron chi connectivity index (χ3n) is 6.58. The molecule has 4 fully saturated rings. The minimum absolute atomic E-state index is 0.0925. The van der Waals surface area contributed by atoms with Crippen LogP contribution in [0.5, 0.6) is 5.88 Å². The maximum Gasteiger partial charge on any atom is 0.258 e. The second-order valence-electron chi connectivity index (χ2n) is 9.80. The molecule has 0 radical (unpaired) electrons. The number of ether oxygens (including phenoxy) is 1. The third-order valence-corrected chi connectivity index (χ3v) is 6.58. The zero-order chi connectivity index (χ0) is 19.3. The largest absolute Gasteiger partial charge is 0.477 e. The SMILES string of the molecule is CC(C)COc1c(C(=O)NC2C3CC4CC2CC(O)(C4)C3)cnn1C(C)C. The molecule has 27 heavy (non-hydrogen) atoms. The summed E-state index contributed by atoms with van der Waals surface area (Å²) in [6.45, 7) is 8.82. The number of hydrogen-bond acceptors (Lipinski definition) is 4. The summed E-state index contributed by atoms with van der Waals surface area (Å²) in [5.74, 6) is 2.27. The molecule has 4 saturated carbocycles. The number of carbonyl (C=O) groups excluding carboxylic acids is 1. The first-order valence-corrected chi connectivity index (χ1v) is 10.5. The molecule has 5 rings (SSSR count). The first kappa shape index (κ1) is 18.8. The summed E-state index contributed by atoms with van der Waals surface area (Å²) in [6.07, 6.45) is 6.50. The smallest absolute Gasteiger partial charge is 0.258 e. The van der Waals surface area contributed by atoms with Crippen LogP contribution in [0, 0.1) is 23.7 Å². The van der Waals surface area contributed by atoms with Crippen LogP contribution in [0.3, 0.4) is 0 Å². The molecular weight excluding hydrogens is 342 g/mol. The molecule has 0 aromatic carbocycles. The van der Waals surface area contributed by atoms with E-state index in [2.05, 4.69) is 24.3 Å². The molecule has 4 aliphatic rings. The second-order valence-corrected chi connectivity index (χ2v) is 9.80. The Kier molecular flexibility index (Phi) is 4.73. The number of nitrogens with zero attached hydrogens (tertiary/aromatic N) is 2. The van der Waals surface area contributed by atoms with E-state index in [1.807, 2.05) is 13.8 Å². The van der Waals surface area contributed by atoms with Crippen molar-refractivity contribution in [1.82, 2.24) is 15.1 Å². The average molecular weight is 376 g/mol. The molecule has 2 N–H and O–H groups in total. The number of aliphatic hydroxyl groups is 1. The zero-order valence-electron chi connectivity index (χ0n) is 16.9. The van der Waals surface area contributed by atoms with Crippen LogP contribution in [0.25, 0.3) is 0 Å². The first-order valence-electron chi connectivity index (χ1n) is 10.5. The molecule has 2 atom stereocenters. The quantitative estimate of drug-likeness (QED) is 0.801. The van der Waals surface area contributed by atoms with Gasteiger partial charge in [0.2, 0.25) is 5.88 Å². The van der Waals surface area contributed by atoms with Crippen molar-refractivity contribution in [2.24, 2.45) is 23.7 Å². The highest BCUT2D eigenvalue weighted by Crippen LogP contribution is 2.55. The van der Waals surface area contributed by atoms with Gasteiger partial charge >= 0.3 is 0 Å². The fourth-order valence-electron chi connectivity index (χ4n) is 5.71. The predicted molar refractivity (Wildman–Crippen MR) is 103 cm³/mol. The molecule has 150 valence electrons. The van der Waals surface area contributed by atoms with Gasteiger partial charge in [0.1, 0.15) is 5.56 Å². The molecule has 4 bridgehead atoms. The highest BCUT2D eigenvalue weighted by Gasteiger charge is 2.55. The Morgan fingerprint density at radius 1 is 1.30 bits per heavy atom. The van der Waals surface area contributed by atoms with Gasteiger partial charge in [-0.1, -0.05) is 13.8 Å². The summed E-state index contributed by atoms with van der Waals surface area (Å²) in [5, 5.41) is 18.4. The van der Waals surface area contributed by atoms with Crippen LogP contribution in [-0.4, -0.2) is 39.0 Å². The molecule has 4 aliphatic carbocycles. The normalized spacial score (nSPS) is 34.5. The Morgan fingerprint density at radius 2 is 1.96 bits per heavy atom. The van der Waals surface area contributed by atoms with E-state index in [0.29, 0.717) is 41.7 Å². The Bertz CT molecular complexity index is 696. The van der Waals surface area contributed by atoms with E-state index in [4.69, 9.17) is 4.74 Å². The van der Waals surface area contributed by atoms with Crippen molar-refractivity contribution in [3.05, 3.63) is 11.8 Å². The summed E-state index contributed by atoms with van der Waals surface area (Å²) in [4.78, 5) is 13.1. The van der Waals surface area contributed by atoms with Crippen molar-refractivity contribution in [2.45, 2.75) is 77.5 Å². The number of hydrogen-bond donors (Lipinski definition) is 2. The maximum atomic E-state index is 13.1. The molecular formula is C21H33N3O3. The molecule has 0 saturated heterocycles. The summed E-state index contributed by atoms with van der Waals surface area (Å²) in [7, 11) is 0. The molecule has 2 unspecified atom stereocenters.